The largest absolute Gasteiger partial charge is 0.455 e. The normalized spacial score (nSPS) is 28.9. The van der Waals surface area contributed by atoms with Crippen molar-refractivity contribution in [2.75, 3.05) is 6.61 Å². The summed E-state index contributed by atoms with van der Waals surface area (Å²) in [6.45, 7) is 1.77. The van der Waals surface area contributed by atoms with Gasteiger partial charge >= 0.3 is 5.97 Å². The number of ether oxygens (including phenoxy) is 1. The van der Waals surface area contributed by atoms with Crippen LogP contribution in [0, 0.1) is 23.6 Å². The molecule has 3 fully saturated rings. The molecule has 28 heavy (non-hydrogen) atoms. The summed E-state index contributed by atoms with van der Waals surface area (Å²) in [5.41, 5.74) is -0.560. The minimum atomic E-state index is -0.957. The highest BCUT2D eigenvalue weighted by Gasteiger charge is 2.46. The molecule has 1 amide bonds. The zero-order chi connectivity index (χ0) is 19.7. The molecule has 5 heteroatoms. The second-order valence-electron chi connectivity index (χ2n) is 9.04. The van der Waals surface area contributed by atoms with Crippen molar-refractivity contribution >= 4 is 11.9 Å². The summed E-state index contributed by atoms with van der Waals surface area (Å²) in [6, 6.07) is 6.52. The van der Waals surface area contributed by atoms with E-state index in [4.69, 9.17) is 4.74 Å². The van der Waals surface area contributed by atoms with Crippen molar-refractivity contribution in [3.05, 3.63) is 35.6 Å². The lowest BCUT2D eigenvalue weighted by Crippen LogP contribution is -2.43. The number of carbonyl (C=O) groups is 2. The van der Waals surface area contributed by atoms with Crippen molar-refractivity contribution in [3.8, 4) is 0 Å². The van der Waals surface area contributed by atoms with Gasteiger partial charge in [0.2, 0.25) is 0 Å². The molecule has 3 saturated carbocycles. The molecule has 0 spiro atoms. The lowest BCUT2D eigenvalue weighted by molar-refractivity contribution is -0.154. The van der Waals surface area contributed by atoms with Gasteiger partial charge in [0.25, 0.3) is 5.91 Å². The number of rotatable bonds is 6. The summed E-state index contributed by atoms with van der Waals surface area (Å²) in [4.78, 5) is 25.3. The molecule has 0 saturated heterocycles. The number of amides is 1. The number of esters is 1. The molecule has 0 aliphatic heterocycles. The first-order valence-corrected chi connectivity index (χ1v) is 10.7. The quantitative estimate of drug-likeness (QED) is 0.747. The van der Waals surface area contributed by atoms with Gasteiger partial charge in [-0.3, -0.25) is 9.59 Å². The van der Waals surface area contributed by atoms with E-state index in [-0.39, 0.29) is 24.4 Å². The lowest BCUT2D eigenvalue weighted by atomic mass is 9.78. The van der Waals surface area contributed by atoms with E-state index in [1.54, 1.807) is 18.2 Å². The van der Waals surface area contributed by atoms with Gasteiger partial charge in [0.15, 0.2) is 6.61 Å². The Bertz CT molecular complexity index is 743. The van der Waals surface area contributed by atoms with E-state index in [1.807, 2.05) is 0 Å². The molecule has 0 aromatic heterocycles. The summed E-state index contributed by atoms with van der Waals surface area (Å²) < 4.78 is 19.8. The Morgan fingerprint density at radius 3 is 2.61 bits per heavy atom. The van der Waals surface area contributed by atoms with Crippen LogP contribution in [-0.2, 0) is 19.7 Å². The van der Waals surface area contributed by atoms with E-state index in [0.29, 0.717) is 24.3 Å². The van der Waals surface area contributed by atoms with Crippen molar-refractivity contribution in [3.63, 3.8) is 0 Å². The zero-order valence-electron chi connectivity index (χ0n) is 16.6. The molecular weight excluding hydrogens is 357 g/mol. The maximum atomic E-state index is 14.4. The van der Waals surface area contributed by atoms with Crippen LogP contribution in [0.1, 0.15) is 63.9 Å². The van der Waals surface area contributed by atoms with Gasteiger partial charge in [-0.2, -0.15) is 0 Å². The minimum absolute atomic E-state index is 0.105. The first-order chi connectivity index (χ1) is 13.5. The molecule has 1 N–H and O–H groups in total. The van der Waals surface area contributed by atoms with Crippen LogP contribution in [0.5, 0.6) is 0 Å². The highest BCUT2D eigenvalue weighted by Crippen LogP contribution is 2.49. The number of fused-ring (bicyclic) bond motifs is 2. The van der Waals surface area contributed by atoms with Gasteiger partial charge in [-0.1, -0.05) is 37.5 Å². The summed E-state index contributed by atoms with van der Waals surface area (Å²) >= 11 is 0. The molecule has 0 heterocycles. The van der Waals surface area contributed by atoms with E-state index in [9.17, 15) is 14.0 Å². The van der Waals surface area contributed by atoms with Gasteiger partial charge in [0.05, 0.1) is 5.41 Å². The molecule has 1 aromatic carbocycles. The predicted octanol–water partition coefficient (Wildman–Crippen LogP) is 4.12. The van der Waals surface area contributed by atoms with Crippen LogP contribution in [0.3, 0.4) is 0 Å². The van der Waals surface area contributed by atoms with E-state index in [1.165, 1.54) is 31.7 Å². The molecule has 3 aliphatic rings. The highest BCUT2D eigenvalue weighted by molar-refractivity contribution is 5.86. The molecule has 4 atom stereocenters. The molecular formula is C23H30FNO3. The third-order valence-corrected chi connectivity index (χ3v) is 7.40. The SMILES string of the molecule is C[C@H](NC(=O)COC(=O)C1(c2ccccc2F)CCCC1)[C@H]1C[C@@H]2CC[C@H]1C2. The molecule has 152 valence electrons. The fourth-order valence-electron chi connectivity index (χ4n) is 5.99. The Kier molecular flexibility index (Phi) is 5.44. The Hall–Kier alpha value is -1.91. The maximum absolute atomic E-state index is 14.4. The fraction of sp³-hybridized carbons (Fsp3) is 0.652. The van der Waals surface area contributed by atoms with Crippen molar-refractivity contribution in [2.45, 2.75) is 69.7 Å². The minimum Gasteiger partial charge on any atom is -0.455 e. The van der Waals surface area contributed by atoms with Crippen molar-refractivity contribution in [1.82, 2.24) is 5.32 Å². The van der Waals surface area contributed by atoms with Crippen LogP contribution in [0.25, 0.3) is 0 Å². The third-order valence-electron chi connectivity index (χ3n) is 7.40. The molecule has 0 radical (unpaired) electrons. The van der Waals surface area contributed by atoms with Gasteiger partial charge in [0.1, 0.15) is 5.82 Å². The third kappa shape index (κ3) is 3.56. The Morgan fingerprint density at radius 2 is 1.96 bits per heavy atom. The highest BCUT2D eigenvalue weighted by atomic mass is 19.1. The van der Waals surface area contributed by atoms with Gasteiger partial charge in [0, 0.05) is 11.6 Å². The fourth-order valence-corrected chi connectivity index (χ4v) is 5.99. The second kappa shape index (κ2) is 7.84. The standard InChI is InChI=1S/C23H30FNO3/c1-15(18-13-16-8-9-17(18)12-16)25-21(26)14-28-22(27)23(10-4-5-11-23)19-6-2-3-7-20(19)24/h2-3,6-7,15-18H,4-5,8-14H2,1H3,(H,25,26)/t15-,16+,17-,18+/m0/s1. The number of halogens is 1. The molecule has 1 aromatic rings. The van der Waals surface area contributed by atoms with Gasteiger partial charge in [-0.05, 0) is 62.8 Å². The number of hydrogen-bond donors (Lipinski definition) is 1. The summed E-state index contributed by atoms with van der Waals surface area (Å²) in [6.07, 6.45) is 7.94. The van der Waals surface area contributed by atoms with Crippen LogP contribution in [0.4, 0.5) is 4.39 Å². The number of carbonyl (C=O) groups excluding carboxylic acids is 2. The molecule has 4 rings (SSSR count). The van der Waals surface area contributed by atoms with Crippen LogP contribution >= 0.6 is 0 Å². The Balaban J connectivity index is 1.35. The van der Waals surface area contributed by atoms with E-state index in [0.717, 1.165) is 24.7 Å². The monoisotopic (exact) mass is 387 g/mol. The second-order valence-corrected chi connectivity index (χ2v) is 9.04. The summed E-state index contributed by atoms with van der Waals surface area (Å²) in [7, 11) is 0. The van der Waals surface area contributed by atoms with E-state index >= 15 is 0 Å². The molecule has 0 unspecified atom stereocenters. The molecule has 4 nitrogen and oxygen atoms in total. The van der Waals surface area contributed by atoms with E-state index < -0.39 is 11.4 Å². The topological polar surface area (TPSA) is 55.4 Å². The van der Waals surface area contributed by atoms with Crippen LogP contribution in [0.2, 0.25) is 0 Å². The average molecular weight is 387 g/mol. The van der Waals surface area contributed by atoms with Crippen molar-refractivity contribution < 1.29 is 18.7 Å². The smallest absolute Gasteiger partial charge is 0.317 e. The van der Waals surface area contributed by atoms with Crippen LogP contribution < -0.4 is 5.32 Å². The van der Waals surface area contributed by atoms with Gasteiger partial charge in [-0.25, -0.2) is 4.39 Å². The average Bonchev–Trinajstić information content (AvgIpc) is 3.43. The Morgan fingerprint density at radius 1 is 1.21 bits per heavy atom. The first kappa shape index (κ1) is 19.4. The van der Waals surface area contributed by atoms with Crippen molar-refractivity contribution in [2.24, 2.45) is 17.8 Å². The van der Waals surface area contributed by atoms with Crippen molar-refractivity contribution in [1.29, 1.82) is 0 Å². The van der Waals surface area contributed by atoms with Gasteiger partial charge < -0.3 is 10.1 Å². The first-order valence-electron chi connectivity index (χ1n) is 10.7. The predicted molar refractivity (Wildman–Crippen MR) is 104 cm³/mol. The molecule has 3 aliphatic carbocycles. The number of hydrogen-bond acceptors (Lipinski definition) is 3. The lowest BCUT2D eigenvalue weighted by Gasteiger charge is -2.29. The molecule has 2 bridgehead atoms. The Labute approximate surface area is 166 Å². The zero-order valence-corrected chi connectivity index (χ0v) is 16.6. The number of nitrogens with one attached hydrogen (secondary N) is 1. The number of benzene rings is 1. The van der Waals surface area contributed by atoms with Crippen LogP contribution in [-0.4, -0.2) is 24.5 Å². The van der Waals surface area contributed by atoms with Crippen LogP contribution in [0.15, 0.2) is 24.3 Å². The van der Waals surface area contributed by atoms with E-state index in [2.05, 4.69) is 12.2 Å². The summed E-state index contributed by atoms with van der Waals surface area (Å²) in [5, 5.41) is 3.03. The van der Waals surface area contributed by atoms with Gasteiger partial charge in [-0.15, -0.1) is 0 Å². The summed E-state index contributed by atoms with van der Waals surface area (Å²) in [5.74, 6) is 0.984. The maximum Gasteiger partial charge on any atom is 0.317 e.